The topological polar surface area (TPSA) is 77.4 Å². The summed E-state index contributed by atoms with van der Waals surface area (Å²) >= 11 is 0. The van der Waals surface area contributed by atoms with E-state index in [0.717, 1.165) is 44.7 Å². The summed E-state index contributed by atoms with van der Waals surface area (Å²) in [4.78, 5) is 6.59. The third-order valence-corrected chi connectivity index (χ3v) is 4.61. The van der Waals surface area contributed by atoms with Crippen LogP contribution in [-0.2, 0) is 11.2 Å². The normalized spacial score (nSPS) is 21.4. The maximum Gasteiger partial charge on any atom is 0.126 e. The van der Waals surface area contributed by atoms with E-state index in [9.17, 15) is 0 Å². The van der Waals surface area contributed by atoms with Gasteiger partial charge in [-0.2, -0.15) is 0 Å². The zero-order valence-electron chi connectivity index (χ0n) is 12.5. The molecule has 112 valence electrons. The molecule has 0 aliphatic carbocycles. The van der Waals surface area contributed by atoms with Crippen molar-refractivity contribution in [3.8, 4) is 0 Å². The fourth-order valence-corrected chi connectivity index (χ4v) is 2.87. The number of nitrogens with two attached hydrogens (primary N) is 2. The van der Waals surface area contributed by atoms with E-state index >= 15 is 0 Å². The molecular formula is C15H26N4O. The molecule has 5 nitrogen and oxygen atoms in total. The second-order valence-electron chi connectivity index (χ2n) is 5.67. The van der Waals surface area contributed by atoms with Crippen molar-refractivity contribution in [2.75, 3.05) is 32.0 Å². The predicted molar refractivity (Wildman–Crippen MR) is 81.4 cm³/mol. The van der Waals surface area contributed by atoms with Crippen LogP contribution in [0.15, 0.2) is 18.3 Å². The Labute approximate surface area is 121 Å². The van der Waals surface area contributed by atoms with E-state index < -0.39 is 0 Å². The van der Waals surface area contributed by atoms with Crippen LogP contribution in [0.5, 0.6) is 0 Å². The molecule has 1 aromatic heterocycles. The lowest BCUT2D eigenvalue weighted by Gasteiger charge is -2.46. The fraction of sp³-hybridized carbons (Fsp3) is 0.667. The number of ether oxygens (including phenoxy) is 1. The molecule has 2 rings (SSSR count). The lowest BCUT2D eigenvalue weighted by molar-refractivity contribution is -0.0272. The van der Waals surface area contributed by atoms with E-state index in [4.69, 9.17) is 16.2 Å². The Kier molecular flexibility index (Phi) is 4.96. The maximum atomic E-state index is 6.53. The third kappa shape index (κ3) is 3.11. The Morgan fingerprint density at radius 2 is 2.15 bits per heavy atom. The minimum absolute atomic E-state index is 0.0251. The van der Waals surface area contributed by atoms with E-state index in [-0.39, 0.29) is 11.6 Å². The van der Waals surface area contributed by atoms with E-state index in [1.807, 2.05) is 12.1 Å². The van der Waals surface area contributed by atoms with Gasteiger partial charge in [0.05, 0.1) is 13.2 Å². The van der Waals surface area contributed by atoms with Crippen LogP contribution < -0.4 is 11.5 Å². The molecule has 0 spiro atoms. The lowest BCUT2D eigenvalue weighted by atomic mass is 9.84. The molecule has 1 aromatic rings. The number of anilines is 1. The molecule has 4 N–H and O–H groups in total. The van der Waals surface area contributed by atoms with Crippen molar-refractivity contribution in [1.82, 2.24) is 9.88 Å². The number of aromatic nitrogens is 1. The molecule has 1 aliphatic heterocycles. The van der Waals surface area contributed by atoms with Gasteiger partial charge >= 0.3 is 0 Å². The van der Waals surface area contributed by atoms with Crippen molar-refractivity contribution in [3.63, 3.8) is 0 Å². The molecule has 0 radical (unpaired) electrons. The number of morpholine rings is 1. The van der Waals surface area contributed by atoms with Gasteiger partial charge in [-0.15, -0.1) is 0 Å². The molecule has 1 saturated heterocycles. The molecule has 1 aliphatic rings. The SMILES string of the molecule is CCC(C)(C(N)Cc1cccnc1N)N1CCOCC1. The summed E-state index contributed by atoms with van der Waals surface area (Å²) in [5, 5.41) is 0. The van der Waals surface area contributed by atoms with E-state index in [1.165, 1.54) is 0 Å². The average Bonchev–Trinajstić information content (AvgIpc) is 2.49. The molecule has 1 fully saturated rings. The highest BCUT2D eigenvalue weighted by molar-refractivity contribution is 5.39. The van der Waals surface area contributed by atoms with Crippen molar-refractivity contribution in [3.05, 3.63) is 23.9 Å². The van der Waals surface area contributed by atoms with Gasteiger partial charge in [0.1, 0.15) is 5.82 Å². The van der Waals surface area contributed by atoms with Crippen molar-refractivity contribution >= 4 is 5.82 Å². The summed E-state index contributed by atoms with van der Waals surface area (Å²) < 4.78 is 5.44. The zero-order chi connectivity index (χ0) is 14.6. The number of pyridine rings is 1. The smallest absolute Gasteiger partial charge is 0.126 e. The average molecular weight is 278 g/mol. The van der Waals surface area contributed by atoms with E-state index in [0.29, 0.717) is 5.82 Å². The lowest BCUT2D eigenvalue weighted by Crippen LogP contribution is -2.61. The second kappa shape index (κ2) is 6.52. The first-order valence-electron chi connectivity index (χ1n) is 7.35. The van der Waals surface area contributed by atoms with Crippen LogP contribution in [-0.4, -0.2) is 47.8 Å². The molecule has 0 aromatic carbocycles. The van der Waals surface area contributed by atoms with Crippen LogP contribution in [0.2, 0.25) is 0 Å². The van der Waals surface area contributed by atoms with Gasteiger partial charge in [-0.1, -0.05) is 13.0 Å². The Morgan fingerprint density at radius 1 is 1.45 bits per heavy atom. The quantitative estimate of drug-likeness (QED) is 0.841. The number of hydrogen-bond donors (Lipinski definition) is 2. The first-order valence-corrected chi connectivity index (χ1v) is 7.35. The van der Waals surface area contributed by atoms with Crippen LogP contribution in [0, 0.1) is 0 Å². The minimum Gasteiger partial charge on any atom is -0.383 e. The number of nitrogen functional groups attached to an aromatic ring is 1. The predicted octanol–water partition coefficient (Wildman–Crippen LogP) is 1.03. The van der Waals surface area contributed by atoms with Gasteiger partial charge in [0.15, 0.2) is 0 Å². The molecule has 0 amide bonds. The van der Waals surface area contributed by atoms with Crippen LogP contribution in [0.4, 0.5) is 5.82 Å². The number of nitrogens with zero attached hydrogens (tertiary/aromatic N) is 2. The largest absolute Gasteiger partial charge is 0.383 e. The highest BCUT2D eigenvalue weighted by atomic mass is 16.5. The second-order valence-corrected chi connectivity index (χ2v) is 5.67. The van der Waals surface area contributed by atoms with Gasteiger partial charge in [-0.05, 0) is 31.4 Å². The zero-order valence-corrected chi connectivity index (χ0v) is 12.5. The van der Waals surface area contributed by atoms with E-state index in [2.05, 4.69) is 23.7 Å². The molecule has 0 saturated carbocycles. The van der Waals surface area contributed by atoms with Crippen LogP contribution >= 0.6 is 0 Å². The highest BCUT2D eigenvalue weighted by Crippen LogP contribution is 2.26. The van der Waals surface area contributed by atoms with Crippen LogP contribution in [0.25, 0.3) is 0 Å². The molecule has 0 bridgehead atoms. The molecule has 20 heavy (non-hydrogen) atoms. The summed E-state index contributed by atoms with van der Waals surface area (Å²) in [6.45, 7) is 7.91. The van der Waals surface area contributed by atoms with Gasteiger partial charge in [0.25, 0.3) is 0 Å². The third-order valence-electron chi connectivity index (χ3n) is 4.61. The summed E-state index contributed by atoms with van der Waals surface area (Å²) in [5.41, 5.74) is 13.5. The highest BCUT2D eigenvalue weighted by Gasteiger charge is 2.37. The van der Waals surface area contributed by atoms with Crippen LogP contribution in [0.3, 0.4) is 0 Å². The Morgan fingerprint density at radius 3 is 2.75 bits per heavy atom. The molecule has 2 heterocycles. The van der Waals surface area contributed by atoms with Crippen molar-refractivity contribution < 1.29 is 4.74 Å². The molecule has 5 heteroatoms. The Hall–Kier alpha value is -1.17. The first kappa shape index (κ1) is 15.2. The number of hydrogen-bond acceptors (Lipinski definition) is 5. The molecule has 2 atom stereocenters. The van der Waals surface area contributed by atoms with E-state index in [1.54, 1.807) is 6.20 Å². The minimum atomic E-state index is -0.0357. The molecular weight excluding hydrogens is 252 g/mol. The monoisotopic (exact) mass is 278 g/mol. The van der Waals surface area contributed by atoms with Crippen LogP contribution in [0.1, 0.15) is 25.8 Å². The summed E-state index contributed by atoms with van der Waals surface area (Å²) in [6.07, 6.45) is 3.47. The van der Waals surface area contributed by atoms with Gasteiger partial charge in [0.2, 0.25) is 0 Å². The number of rotatable bonds is 5. The summed E-state index contributed by atoms with van der Waals surface area (Å²) in [6, 6.07) is 3.95. The molecule has 2 unspecified atom stereocenters. The Balaban J connectivity index is 2.11. The summed E-state index contributed by atoms with van der Waals surface area (Å²) in [5.74, 6) is 0.586. The van der Waals surface area contributed by atoms with Gasteiger partial charge in [-0.3, -0.25) is 4.90 Å². The first-order chi connectivity index (χ1) is 9.58. The fourth-order valence-electron chi connectivity index (χ4n) is 2.87. The van der Waals surface area contributed by atoms with Crippen molar-refractivity contribution in [2.24, 2.45) is 5.73 Å². The van der Waals surface area contributed by atoms with Gasteiger partial charge in [0, 0.05) is 30.9 Å². The van der Waals surface area contributed by atoms with Gasteiger partial charge < -0.3 is 16.2 Å². The standard InChI is InChI=1S/C15H26N4O/c1-3-15(2,19-7-9-20-10-8-19)13(16)11-12-5-4-6-18-14(12)17/h4-6,13H,3,7-11,16H2,1-2H3,(H2,17,18). The van der Waals surface area contributed by atoms with Crippen molar-refractivity contribution in [1.29, 1.82) is 0 Å². The van der Waals surface area contributed by atoms with Gasteiger partial charge in [-0.25, -0.2) is 4.98 Å². The Bertz CT molecular complexity index is 434. The summed E-state index contributed by atoms with van der Waals surface area (Å²) in [7, 11) is 0. The van der Waals surface area contributed by atoms with Crippen molar-refractivity contribution in [2.45, 2.75) is 38.3 Å². The maximum absolute atomic E-state index is 6.53.